The van der Waals surface area contributed by atoms with Crippen LogP contribution in [-0.2, 0) is 11.2 Å². The highest BCUT2D eigenvalue weighted by Crippen LogP contribution is 2.39. The van der Waals surface area contributed by atoms with Crippen LogP contribution in [0.25, 0.3) is 6.08 Å². The average Bonchev–Trinajstić information content (AvgIpc) is 3.10. The number of ketones is 1. The fraction of sp³-hybridized carbons (Fsp3) is 0.400. The van der Waals surface area contributed by atoms with Crippen molar-refractivity contribution >= 4 is 11.9 Å². The van der Waals surface area contributed by atoms with Gasteiger partial charge in [-0.25, -0.2) is 0 Å². The quantitative estimate of drug-likeness (QED) is 0.514. The van der Waals surface area contributed by atoms with E-state index in [1.807, 2.05) is 6.08 Å². The van der Waals surface area contributed by atoms with E-state index in [-0.39, 0.29) is 5.92 Å². The van der Waals surface area contributed by atoms with E-state index in [0.717, 1.165) is 19.3 Å². The molecule has 0 aromatic heterocycles. The lowest BCUT2D eigenvalue weighted by Crippen LogP contribution is -2.13. The standard InChI is InChI=1S/C25H30O/c1-5-10-25(26)18(4)20-13-22-14-21(19-11-8-7-9-12-19)16-23(17(3)6-2)24(22)15-20/h6-9,11,13-14,16-19H,2,5,10,12,15H2,1,3-4H3/t17?,18-,19?/m1/s1. The van der Waals surface area contributed by atoms with Gasteiger partial charge < -0.3 is 0 Å². The van der Waals surface area contributed by atoms with E-state index in [1.54, 1.807) is 0 Å². The van der Waals surface area contributed by atoms with Crippen LogP contribution in [0.2, 0.25) is 0 Å². The van der Waals surface area contributed by atoms with Gasteiger partial charge in [-0.3, -0.25) is 4.79 Å². The molecule has 0 saturated carbocycles. The Balaban J connectivity index is 1.98. The zero-order valence-corrected chi connectivity index (χ0v) is 16.3. The molecule has 0 radical (unpaired) electrons. The molecule has 3 atom stereocenters. The molecule has 0 saturated heterocycles. The molecule has 3 rings (SSSR count). The third kappa shape index (κ3) is 3.67. The molecule has 0 bridgehead atoms. The molecule has 1 aromatic carbocycles. The lowest BCUT2D eigenvalue weighted by atomic mass is 9.84. The number of carbonyl (C=O) groups excluding carboxylic acids is 1. The summed E-state index contributed by atoms with van der Waals surface area (Å²) >= 11 is 0. The fourth-order valence-electron chi connectivity index (χ4n) is 4.05. The zero-order chi connectivity index (χ0) is 18.7. The van der Waals surface area contributed by atoms with Gasteiger partial charge in [0.25, 0.3) is 0 Å². The van der Waals surface area contributed by atoms with Gasteiger partial charge in [0, 0.05) is 18.3 Å². The average molecular weight is 347 g/mol. The second-order valence-electron chi connectivity index (χ2n) is 7.69. The van der Waals surface area contributed by atoms with Gasteiger partial charge in [0.15, 0.2) is 0 Å². The second-order valence-corrected chi connectivity index (χ2v) is 7.69. The van der Waals surface area contributed by atoms with Crippen LogP contribution in [0.1, 0.15) is 74.1 Å². The fourth-order valence-corrected chi connectivity index (χ4v) is 4.05. The van der Waals surface area contributed by atoms with Crippen LogP contribution in [0.3, 0.4) is 0 Å². The van der Waals surface area contributed by atoms with Crippen LogP contribution in [-0.4, -0.2) is 5.78 Å². The van der Waals surface area contributed by atoms with Gasteiger partial charge in [0.05, 0.1) is 0 Å². The number of hydrogen-bond donors (Lipinski definition) is 0. The molecule has 2 aliphatic rings. The van der Waals surface area contributed by atoms with E-state index in [0.29, 0.717) is 24.0 Å². The number of carbonyl (C=O) groups is 1. The van der Waals surface area contributed by atoms with Crippen molar-refractivity contribution in [3.63, 3.8) is 0 Å². The minimum Gasteiger partial charge on any atom is -0.299 e. The molecule has 1 heteroatoms. The summed E-state index contributed by atoms with van der Waals surface area (Å²) in [5.74, 6) is 1.15. The molecule has 0 aliphatic heterocycles. The van der Waals surface area contributed by atoms with E-state index >= 15 is 0 Å². The zero-order valence-electron chi connectivity index (χ0n) is 16.3. The minimum absolute atomic E-state index is 0.0233. The second kappa shape index (κ2) is 8.03. The summed E-state index contributed by atoms with van der Waals surface area (Å²) in [6.07, 6.45) is 16.7. The molecular formula is C25H30O. The minimum atomic E-state index is 0.0233. The third-order valence-corrected chi connectivity index (χ3v) is 5.85. The van der Waals surface area contributed by atoms with Crippen molar-refractivity contribution in [2.24, 2.45) is 5.92 Å². The van der Waals surface area contributed by atoms with Gasteiger partial charge >= 0.3 is 0 Å². The van der Waals surface area contributed by atoms with E-state index < -0.39 is 0 Å². The first-order valence-corrected chi connectivity index (χ1v) is 9.90. The van der Waals surface area contributed by atoms with Crippen molar-refractivity contribution in [3.05, 3.63) is 76.9 Å². The van der Waals surface area contributed by atoms with Crippen LogP contribution in [0.5, 0.6) is 0 Å². The summed E-state index contributed by atoms with van der Waals surface area (Å²) in [6, 6.07) is 4.71. The predicted octanol–water partition coefficient (Wildman–Crippen LogP) is 6.52. The number of rotatable bonds is 7. The summed E-state index contributed by atoms with van der Waals surface area (Å²) in [5, 5.41) is 0. The van der Waals surface area contributed by atoms with Crippen molar-refractivity contribution in [2.45, 2.75) is 58.3 Å². The summed E-state index contributed by atoms with van der Waals surface area (Å²) in [7, 11) is 0. The molecule has 2 aliphatic carbocycles. The van der Waals surface area contributed by atoms with Crippen molar-refractivity contribution in [1.82, 2.24) is 0 Å². The Morgan fingerprint density at radius 1 is 1.31 bits per heavy atom. The maximum atomic E-state index is 12.4. The normalized spacial score (nSPS) is 20.4. The molecule has 0 spiro atoms. The molecule has 136 valence electrons. The Labute approximate surface area is 158 Å². The molecule has 0 fully saturated rings. The van der Waals surface area contributed by atoms with Crippen LogP contribution in [0.15, 0.2) is 54.7 Å². The van der Waals surface area contributed by atoms with Crippen molar-refractivity contribution in [1.29, 1.82) is 0 Å². The van der Waals surface area contributed by atoms with Gasteiger partial charge in [0.2, 0.25) is 0 Å². The first-order chi connectivity index (χ1) is 12.5. The number of fused-ring (bicyclic) bond motifs is 1. The molecule has 0 amide bonds. The van der Waals surface area contributed by atoms with Gasteiger partial charge in [-0.2, -0.15) is 0 Å². The maximum Gasteiger partial charge on any atom is 0.139 e. The van der Waals surface area contributed by atoms with E-state index in [4.69, 9.17) is 0 Å². The lowest BCUT2D eigenvalue weighted by Gasteiger charge is -2.20. The molecule has 1 aromatic rings. The first-order valence-electron chi connectivity index (χ1n) is 9.90. The summed E-state index contributed by atoms with van der Waals surface area (Å²) in [6.45, 7) is 10.4. The number of hydrogen-bond acceptors (Lipinski definition) is 1. The third-order valence-electron chi connectivity index (χ3n) is 5.85. The van der Waals surface area contributed by atoms with Crippen LogP contribution in [0.4, 0.5) is 0 Å². The Morgan fingerprint density at radius 3 is 2.77 bits per heavy atom. The van der Waals surface area contributed by atoms with Crippen molar-refractivity contribution < 1.29 is 4.79 Å². The van der Waals surface area contributed by atoms with Gasteiger partial charge in [-0.05, 0) is 47.4 Å². The molecule has 0 N–H and O–H groups in total. The molecule has 1 nitrogen and oxygen atoms in total. The topological polar surface area (TPSA) is 17.1 Å². The highest BCUT2D eigenvalue weighted by molar-refractivity contribution is 5.86. The molecule has 2 unspecified atom stereocenters. The van der Waals surface area contributed by atoms with Crippen molar-refractivity contribution in [2.75, 3.05) is 0 Å². The summed E-state index contributed by atoms with van der Waals surface area (Å²) in [5.41, 5.74) is 6.71. The largest absolute Gasteiger partial charge is 0.299 e. The predicted molar refractivity (Wildman–Crippen MR) is 111 cm³/mol. The highest BCUT2D eigenvalue weighted by atomic mass is 16.1. The first kappa shape index (κ1) is 18.6. The Hall–Kier alpha value is -2.15. The number of Topliss-reactive ketones (excluding diaryl/α,β-unsaturated/α-hetero) is 1. The molecule has 0 heterocycles. The number of allylic oxidation sites excluding steroid dienone is 6. The SMILES string of the molecule is C=CC(C)c1cc(C2C=CC=CC2)cc2c1CC([C@@H](C)C(=O)CCC)=C2. The van der Waals surface area contributed by atoms with E-state index in [9.17, 15) is 4.79 Å². The van der Waals surface area contributed by atoms with Gasteiger partial charge in [-0.15, -0.1) is 6.58 Å². The lowest BCUT2D eigenvalue weighted by molar-refractivity contribution is -0.121. The smallest absolute Gasteiger partial charge is 0.139 e. The highest BCUT2D eigenvalue weighted by Gasteiger charge is 2.26. The monoisotopic (exact) mass is 346 g/mol. The van der Waals surface area contributed by atoms with Crippen LogP contribution in [0, 0.1) is 5.92 Å². The van der Waals surface area contributed by atoms with Crippen LogP contribution < -0.4 is 0 Å². The number of benzene rings is 1. The van der Waals surface area contributed by atoms with Gasteiger partial charge in [0.1, 0.15) is 5.78 Å². The van der Waals surface area contributed by atoms with Crippen LogP contribution >= 0.6 is 0 Å². The molecular weight excluding hydrogens is 316 g/mol. The van der Waals surface area contributed by atoms with E-state index in [2.05, 4.69) is 69.9 Å². The maximum absolute atomic E-state index is 12.4. The Morgan fingerprint density at radius 2 is 2.12 bits per heavy atom. The summed E-state index contributed by atoms with van der Waals surface area (Å²) in [4.78, 5) is 12.4. The Bertz CT molecular complexity index is 791. The van der Waals surface area contributed by atoms with Gasteiger partial charge in [-0.1, -0.05) is 74.9 Å². The van der Waals surface area contributed by atoms with E-state index in [1.165, 1.54) is 27.8 Å². The Kier molecular flexibility index (Phi) is 5.76. The van der Waals surface area contributed by atoms with Crippen molar-refractivity contribution in [3.8, 4) is 0 Å². The summed E-state index contributed by atoms with van der Waals surface area (Å²) < 4.78 is 0. The molecule has 26 heavy (non-hydrogen) atoms.